The van der Waals surface area contributed by atoms with E-state index in [1.807, 2.05) is 30.6 Å². The van der Waals surface area contributed by atoms with Crippen LogP contribution in [0.4, 0.5) is 0 Å². The minimum Gasteiger partial charge on any atom is -0.267 e. The first-order chi connectivity index (χ1) is 11.2. The van der Waals surface area contributed by atoms with E-state index < -0.39 is 0 Å². The van der Waals surface area contributed by atoms with Gasteiger partial charge in [0.1, 0.15) is 4.88 Å². The number of pyridine rings is 2. The molecular formula is C15H12N5O2S+. The summed E-state index contributed by atoms with van der Waals surface area (Å²) in [5.74, 6) is 0.228. The molecular weight excluding hydrogens is 314 g/mol. The number of nitrogens with zero attached hydrogens (tertiary/aromatic N) is 3. The second-order valence-electron chi connectivity index (χ2n) is 4.45. The maximum Gasteiger partial charge on any atom is 0.390 e. The molecule has 1 amide bonds. The van der Waals surface area contributed by atoms with E-state index in [-0.39, 0.29) is 10.8 Å². The first kappa shape index (κ1) is 14.8. The molecule has 0 fully saturated rings. The Morgan fingerprint density at radius 1 is 1.30 bits per heavy atom. The van der Waals surface area contributed by atoms with E-state index >= 15 is 0 Å². The van der Waals surface area contributed by atoms with Crippen molar-refractivity contribution < 1.29 is 9.36 Å². The third kappa shape index (κ3) is 3.55. The first-order valence-corrected chi connectivity index (χ1v) is 7.49. The molecule has 3 aromatic heterocycles. The van der Waals surface area contributed by atoms with Crippen LogP contribution in [0.15, 0.2) is 65.0 Å². The molecule has 3 rings (SSSR count). The highest BCUT2D eigenvalue weighted by Gasteiger charge is 2.15. The number of rotatable bonds is 4. The average molecular weight is 326 g/mol. The molecule has 114 valence electrons. The molecule has 0 aliphatic rings. The lowest BCUT2D eigenvalue weighted by Gasteiger charge is -1.98. The van der Waals surface area contributed by atoms with Gasteiger partial charge in [-0.2, -0.15) is 10.1 Å². The van der Waals surface area contributed by atoms with E-state index in [1.165, 1.54) is 12.4 Å². The van der Waals surface area contributed by atoms with Gasteiger partial charge in [0.05, 0.1) is 24.2 Å². The number of H-pyrrole nitrogens is 1. The second kappa shape index (κ2) is 6.75. The van der Waals surface area contributed by atoms with Crippen molar-refractivity contribution in [2.24, 2.45) is 5.10 Å². The lowest BCUT2D eigenvalue weighted by Crippen LogP contribution is -2.31. The molecule has 0 atom stereocenters. The summed E-state index contributed by atoms with van der Waals surface area (Å²) in [7, 11) is 0. The Hall–Kier alpha value is -3.13. The van der Waals surface area contributed by atoms with Gasteiger partial charge in [0, 0.05) is 12.4 Å². The minimum atomic E-state index is -0.369. The van der Waals surface area contributed by atoms with Crippen molar-refractivity contribution in [3.05, 3.63) is 75.2 Å². The number of hydrogen-bond acceptors (Lipinski definition) is 5. The van der Waals surface area contributed by atoms with Gasteiger partial charge in [-0.05, 0) is 35.6 Å². The van der Waals surface area contributed by atoms with Crippen molar-refractivity contribution in [3.8, 4) is 5.82 Å². The Kier molecular flexibility index (Phi) is 4.34. The molecule has 8 heteroatoms. The Labute approximate surface area is 135 Å². The predicted molar refractivity (Wildman–Crippen MR) is 85.8 cm³/mol. The number of thiazole rings is 1. The third-order valence-corrected chi connectivity index (χ3v) is 3.71. The quantitative estimate of drug-likeness (QED) is 0.423. The number of carbonyl (C=O) groups excluding carboxylic acids is 1. The summed E-state index contributed by atoms with van der Waals surface area (Å²) in [6.45, 7) is 0. The lowest BCUT2D eigenvalue weighted by molar-refractivity contribution is -0.599. The summed E-state index contributed by atoms with van der Waals surface area (Å²) in [6, 6.07) is 8.88. The third-order valence-electron chi connectivity index (χ3n) is 2.90. The van der Waals surface area contributed by atoms with Gasteiger partial charge < -0.3 is 0 Å². The SMILES string of the molecule is O=C(NN=Cc1sc(=O)[nH]c1-[n+]1ccccc1)c1cccnc1. The predicted octanol–water partition coefficient (Wildman–Crippen LogP) is 0.872. The van der Waals surface area contributed by atoms with Crippen LogP contribution in [-0.4, -0.2) is 22.1 Å². The molecule has 0 bridgehead atoms. The largest absolute Gasteiger partial charge is 0.390 e. The molecule has 0 unspecified atom stereocenters. The van der Waals surface area contributed by atoms with E-state index in [0.717, 1.165) is 11.3 Å². The van der Waals surface area contributed by atoms with Gasteiger partial charge in [0.2, 0.25) is 0 Å². The lowest BCUT2D eigenvalue weighted by atomic mass is 10.3. The molecule has 23 heavy (non-hydrogen) atoms. The Morgan fingerprint density at radius 3 is 2.87 bits per heavy atom. The van der Waals surface area contributed by atoms with Crippen LogP contribution in [0, 0.1) is 0 Å². The van der Waals surface area contributed by atoms with Crippen LogP contribution in [0.25, 0.3) is 5.82 Å². The summed E-state index contributed by atoms with van der Waals surface area (Å²) in [5, 5.41) is 3.90. The van der Waals surface area contributed by atoms with Crippen LogP contribution < -0.4 is 14.9 Å². The van der Waals surface area contributed by atoms with Crippen molar-refractivity contribution in [3.63, 3.8) is 0 Å². The van der Waals surface area contributed by atoms with Crippen molar-refractivity contribution in [1.29, 1.82) is 0 Å². The molecule has 0 saturated carbocycles. The van der Waals surface area contributed by atoms with Gasteiger partial charge in [-0.3, -0.25) is 9.78 Å². The van der Waals surface area contributed by atoms with Gasteiger partial charge in [0.25, 0.3) is 5.91 Å². The van der Waals surface area contributed by atoms with Crippen LogP contribution in [0.3, 0.4) is 0 Å². The first-order valence-electron chi connectivity index (χ1n) is 6.67. The Balaban J connectivity index is 1.78. The molecule has 0 aromatic carbocycles. The molecule has 7 nitrogen and oxygen atoms in total. The molecule has 0 spiro atoms. The van der Waals surface area contributed by atoms with Gasteiger partial charge >= 0.3 is 10.7 Å². The number of carbonyl (C=O) groups is 1. The molecule has 2 N–H and O–H groups in total. The van der Waals surface area contributed by atoms with E-state index in [4.69, 9.17) is 0 Å². The van der Waals surface area contributed by atoms with E-state index in [0.29, 0.717) is 16.3 Å². The molecule has 3 aromatic rings. The fourth-order valence-corrected chi connectivity index (χ4v) is 2.58. The maximum absolute atomic E-state index is 11.9. The number of hydrogen-bond donors (Lipinski definition) is 2. The Morgan fingerprint density at radius 2 is 2.13 bits per heavy atom. The van der Waals surface area contributed by atoms with Gasteiger partial charge in [-0.15, -0.1) is 0 Å². The smallest absolute Gasteiger partial charge is 0.267 e. The van der Waals surface area contributed by atoms with Crippen LogP contribution >= 0.6 is 11.3 Å². The van der Waals surface area contributed by atoms with Gasteiger partial charge in [0.15, 0.2) is 0 Å². The molecule has 0 aliphatic heterocycles. The summed E-state index contributed by atoms with van der Waals surface area (Å²) >= 11 is 1.01. The second-order valence-corrected chi connectivity index (χ2v) is 5.47. The zero-order valence-corrected chi connectivity index (χ0v) is 12.7. The highest BCUT2D eigenvalue weighted by Crippen LogP contribution is 2.05. The molecule has 0 aliphatic carbocycles. The number of aromatic amines is 1. The fraction of sp³-hybridized carbons (Fsp3) is 0. The topological polar surface area (TPSA) is 91.1 Å². The van der Waals surface area contributed by atoms with Gasteiger partial charge in [-0.1, -0.05) is 6.07 Å². The van der Waals surface area contributed by atoms with E-state index in [1.54, 1.807) is 22.9 Å². The summed E-state index contributed by atoms with van der Waals surface area (Å²) in [5.41, 5.74) is 2.81. The van der Waals surface area contributed by atoms with Crippen LogP contribution in [0.5, 0.6) is 0 Å². The number of nitrogens with one attached hydrogen (secondary N) is 2. The van der Waals surface area contributed by atoms with Gasteiger partial charge in [-0.25, -0.2) is 14.8 Å². The Bertz CT molecular complexity index is 887. The van der Waals surface area contributed by atoms with Crippen molar-refractivity contribution in [2.75, 3.05) is 0 Å². The summed E-state index contributed by atoms with van der Waals surface area (Å²) in [4.78, 5) is 30.5. The molecule has 3 heterocycles. The molecule has 0 radical (unpaired) electrons. The van der Waals surface area contributed by atoms with Crippen LogP contribution in [0.1, 0.15) is 15.2 Å². The molecule has 0 saturated heterocycles. The highest BCUT2D eigenvalue weighted by molar-refractivity contribution is 7.11. The monoisotopic (exact) mass is 326 g/mol. The van der Waals surface area contributed by atoms with Crippen molar-refractivity contribution in [2.45, 2.75) is 0 Å². The van der Waals surface area contributed by atoms with E-state index in [2.05, 4.69) is 20.5 Å². The fourth-order valence-electron chi connectivity index (χ4n) is 1.87. The van der Waals surface area contributed by atoms with Crippen LogP contribution in [0.2, 0.25) is 0 Å². The normalized spacial score (nSPS) is 10.8. The highest BCUT2D eigenvalue weighted by atomic mass is 32.1. The summed E-state index contributed by atoms with van der Waals surface area (Å²) in [6.07, 6.45) is 8.09. The van der Waals surface area contributed by atoms with Crippen LogP contribution in [-0.2, 0) is 0 Å². The zero-order valence-electron chi connectivity index (χ0n) is 11.8. The average Bonchev–Trinajstić information content (AvgIpc) is 2.97. The van der Waals surface area contributed by atoms with Crippen molar-refractivity contribution >= 4 is 23.5 Å². The zero-order chi connectivity index (χ0) is 16.1. The number of amides is 1. The van der Waals surface area contributed by atoms with Crippen molar-refractivity contribution in [1.82, 2.24) is 15.4 Å². The number of aromatic nitrogens is 3. The van der Waals surface area contributed by atoms with E-state index in [9.17, 15) is 9.59 Å². The minimum absolute atomic E-state index is 0.198. The standard InChI is InChI=1S/C15H11N5O2S/c21-14(11-5-4-6-16-9-11)19-17-10-12-13(18-15(22)23-12)20-7-2-1-3-8-20/h1-10H,(H-,17,18,19,21,22)/p+1. The summed E-state index contributed by atoms with van der Waals surface area (Å²) < 4.78 is 1.77. The number of hydrazone groups is 1. The maximum atomic E-state index is 11.9.